The van der Waals surface area contributed by atoms with Crippen molar-refractivity contribution >= 4 is 51.6 Å². The van der Waals surface area contributed by atoms with Crippen LogP contribution in [0.4, 0.5) is 28.4 Å². The maximum atomic E-state index is 13.0. The number of aromatic nitrogens is 8. The standard InChI is InChI=1S/C29H28N4O.2C25H28N4O.C24H26N4O/c1-33-14-13-22(25-9-5-6-10-27(25)33)17-29-31-18-24(19-32-29)28(34)16-23-15-21(11-12-26(23)30)20-7-3-2-4-8-20;1-29-11-9-18(10-12-29)13-25-27-16-22(17-28-25)24(30)15-21-14-20(7-8-23(21)26)19-5-3-2-4-6-19;1-25(9-11-27-12-10-25)15-24-28-16-21(17-29-24)23(30)14-20-13-19(7-8-22(20)26)18-5-3-2-4-6-18;25-22-7-6-19(18-4-2-1-3-5-18)13-20(22)14-23(29)21-15-27-24(28-16-21)12-17-8-10-26-11-9-17/h2-12,15,18-19,22H,13-14,16-17,30H2,1H3;2-8,14,16-18H,9-13,15,26H2,1H3;2-8,13,16-17,27H,9-12,14-15,26H2,1H3;1-7,13,15-17,26H,8-12,14,25H2. The summed E-state index contributed by atoms with van der Waals surface area (Å²) >= 11 is 0. The topological polar surface area (TPSA) is 306 Å². The summed E-state index contributed by atoms with van der Waals surface area (Å²) in [5.74, 6) is 4.77. The highest BCUT2D eigenvalue weighted by Crippen LogP contribution is 2.38. The van der Waals surface area contributed by atoms with Crippen LogP contribution in [-0.2, 0) is 51.4 Å². The summed E-state index contributed by atoms with van der Waals surface area (Å²) in [6.45, 7) is 9.76. The van der Waals surface area contributed by atoms with E-state index in [-0.39, 0.29) is 54.2 Å². The van der Waals surface area contributed by atoms with Crippen LogP contribution in [0.25, 0.3) is 44.5 Å². The highest BCUT2D eigenvalue weighted by molar-refractivity contribution is 6.00. The fourth-order valence-electron chi connectivity index (χ4n) is 16.5. The molecule has 4 aromatic heterocycles. The Labute approximate surface area is 722 Å². The molecule has 3 fully saturated rings. The van der Waals surface area contributed by atoms with Crippen molar-refractivity contribution in [2.24, 2.45) is 17.3 Å². The summed E-state index contributed by atoms with van der Waals surface area (Å²) in [6.07, 6.45) is 25.5. The van der Waals surface area contributed by atoms with Gasteiger partial charge in [-0.25, -0.2) is 39.9 Å². The Morgan fingerprint density at radius 3 is 1.02 bits per heavy atom. The first-order valence-electron chi connectivity index (χ1n) is 42.9. The van der Waals surface area contributed by atoms with E-state index < -0.39 is 0 Å². The van der Waals surface area contributed by atoms with Gasteiger partial charge in [-0.05, 0) is 241 Å². The van der Waals surface area contributed by atoms with E-state index in [9.17, 15) is 19.2 Å². The number of Topliss-reactive ketones (excluding diaryl/α,β-unsaturated/α-hetero) is 4. The molecule has 20 heteroatoms. The summed E-state index contributed by atoms with van der Waals surface area (Å²) in [5.41, 5.74) is 44.0. The van der Waals surface area contributed by atoms with Crippen molar-refractivity contribution in [3.05, 3.63) is 341 Å². The molecule has 0 spiro atoms. The molecule has 3 saturated heterocycles. The van der Waals surface area contributed by atoms with E-state index in [1.807, 2.05) is 194 Å². The molecular weight excluding hydrogens is 1530 g/mol. The summed E-state index contributed by atoms with van der Waals surface area (Å²) in [4.78, 5) is 91.9. The first-order valence-corrected chi connectivity index (χ1v) is 42.9. The summed E-state index contributed by atoms with van der Waals surface area (Å²) in [6, 6.07) is 72.3. The van der Waals surface area contributed by atoms with Crippen molar-refractivity contribution in [1.29, 1.82) is 0 Å². The fraction of sp³-hybridized carbons (Fsp3) is 0.282. The number of fused-ring (bicyclic) bond motifs is 1. The van der Waals surface area contributed by atoms with Gasteiger partial charge in [0.05, 0.1) is 22.3 Å². The zero-order chi connectivity index (χ0) is 85.4. The number of nitrogens with zero attached hydrogens (tertiary/aromatic N) is 10. The normalized spacial score (nSPS) is 15.1. The third-order valence-corrected chi connectivity index (χ3v) is 24.2. The molecule has 20 nitrogen and oxygen atoms in total. The number of rotatable bonds is 24. The number of anilines is 5. The molecule has 13 aromatic rings. The Bertz CT molecular complexity index is 5670. The number of para-hydroxylation sites is 1. The Hall–Kier alpha value is -13.1. The Kier molecular flexibility index (Phi) is 29.4. The fourth-order valence-corrected chi connectivity index (χ4v) is 16.5. The highest BCUT2D eigenvalue weighted by atomic mass is 16.1. The molecule has 0 radical (unpaired) electrons. The third-order valence-electron chi connectivity index (χ3n) is 24.2. The molecule has 123 heavy (non-hydrogen) atoms. The van der Waals surface area contributed by atoms with E-state index in [0.717, 1.165) is 194 Å². The summed E-state index contributed by atoms with van der Waals surface area (Å²) in [5, 5.41) is 6.77. The number of benzene rings is 9. The second-order valence-corrected chi connectivity index (χ2v) is 33.3. The molecule has 0 amide bonds. The van der Waals surface area contributed by atoms with Gasteiger partial charge in [0.25, 0.3) is 0 Å². The highest BCUT2D eigenvalue weighted by Gasteiger charge is 2.30. The van der Waals surface area contributed by atoms with Crippen molar-refractivity contribution in [3.8, 4) is 44.5 Å². The molecule has 0 saturated carbocycles. The first-order chi connectivity index (χ1) is 59.9. The monoisotopic (exact) mass is 1630 g/mol. The smallest absolute Gasteiger partial charge is 0.170 e. The van der Waals surface area contributed by atoms with Gasteiger partial charge in [-0.1, -0.05) is 171 Å². The lowest BCUT2D eigenvalue weighted by Gasteiger charge is -2.33. The Morgan fingerprint density at radius 2 is 0.659 bits per heavy atom. The van der Waals surface area contributed by atoms with Crippen LogP contribution in [0, 0.1) is 17.3 Å². The minimum Gasteiger partial charge on any atom is -0.398 e. The third kappa shape index (κ3) is 23.9. The molecule has 10 N–H and O–H groups in total. The number of nitrogens with one attached hydrogen (secondary N) is 2. The lowest BCUT2D eigenvalue weighted by molar-refractivity contribution is 0.0984. The number of carbonyl (C=O) groups is 4. The Morgan fingerprint density at radius 1 is 0.350 bits per heavy atom. The molecular formula is C103H110N16O4. The van der Waals surface area contributed by atoms with Crippen LogP contribution in [0.5, 0.6) is 0 Å². The van der Waals surface area contributed by atoms with Crippen molar-refractivity contribution < 1.29 is 19.2 Å². The second kappa shape index (κ2) is 41.9. The molecule has 0 bridgehead atoms. The van der Waals surface area contributed by atoms with Crippen LogP contribution in [0.1, 0.15) is 150 Å². The van der Waals surface area contributed by atoms with Crippen molar-refractivity contribution in [3.63, 3.8) is 0 Å². The van der Waals surface area contributed by atoms with Gasteiger partial charge in [-0.15, -0.1) is 0 Å². The molecule has 626 valence electrons. The zero-order valence-corrected chi connectivity index (χ0v) is 70.6. The average molecular weight is 1640 g/mol. The van der Waals surface area contributed by atoms with E-state index in [2.05, 4.69) is 106 Å². The number of hydrogen-bond acceptors (Lipinski definition) is 20. The minimum absolute atomic E-state index is 0.0160. The zero-order valence-electron chi connectivity index (χ0n) is 70.6. The van der Waals surface area contributed by atoms with Crippen LogP contribution in [-0.4, -0.2) is 128 Å². The van der Waals surface area contributed by atoms with Gasteiger partial charge in [0.15, 0.2) is 23.1 Å². The summed E-state index contributed by atoms with van der Waals surface area (Å²) < 4.78 is 0. The maximum Gasteiger partial charge on any atom is 0.170 e. The lowest BCUT2D eigenvalue weighted by atomic mass is 9.78. The molecule has 4 aliphatic rings. The molecule has 1 unspecified atom stereocenters. The molecule has 17 rings (SSSR count). The molecule has 0 aliphatic carbocycles. The predicted molar refractivity (Wildman–Crippen MR) is 493 cm³/mol. The van der Waals surface area contributed by atoms with Crippen LogP contribution in [0.15, 0.2) is 268 Å². The van der Waals surface area contributed by atoms with Gasteiger partial charge in [0, 0.05) is 143 Å². The number of carbonyl (C=O) groups excluding carboxylic acids is 4. The van der Waals surface area contributed by atoms with E-state index in [1.54, 1.807) is 49.6 Å². The van der Waals surface area contributed by atoms with Gasteiger partial charge < -0.3 is 43.4 Å². The van der Waals surface area contributed by atoms with Crippen LogP contribution < -0.4 is 38.5 Å². The Balaban J connectivity index is 0.000000134. The van der Waals surface area contributed by atoms with Gasteiger partial charge in [0.2, 0.25) is 0 Å². The van der Waals surface area contributed by atoms with Crippen molar-refractivity contribution in [2.45, 2.75) is 109 Å². The average Bonchev–Trinajstić information content (AvgIpc) is 0.804. The number of nitrogens with two attached hydrogens (primary N) is 4. The largest absolute Gasteiger partial charge is 0.398 e. The van der Waals surface area contributed by atoms with Gasteiger partial charge in [0.1, 0.15) is 23.3 Å². The van der Waals surface area contributed by atoms with E-state index in [1.165, 1.54) is 24.1 Å². The quantitative estimate of drug-likeness (QED) is 0.0242. The lowest BCUT2D eigenvalue weighted by Crippen LogP contribution is -2.36. The van der Waals surface area contributed by atoms with Gasteiger partial charge in [-0.3, -0.25) is 19.2 Å². The number of likely N-dealkylation sites (tertiary alicyclic amines) is 1. The SMILES string of the molecule is CC1(Cc2ncc(C(=O)Cc3cc(-c4ccccc4)ccc3N)cn2)CCNCC1.CN1CCC(Cc2ncc(C(=O)Cc3cc(-c4ccccc4)ccc3N)cn2)CC1.CN1CCC(Cc2ncc(C(=O)Cc3cc(-c4ccccc4)ccc3N)cn2)c2ccccc21.Nc1ccc(-c2ccccc2)cc1CC(=O)c1cnc(CC2CCNCC2)nc1. The predicted octanol–water partition coefficient (Wildman–Crippen LogP) is 17.1. The van der Waals surface area contributed by atoms with Crippen LogP contribution in [0.3, 0.4) is 0 Å². The first kappa shape index (κ1) is 86.2. The van der Waals surface area contributed by atoms with Gasteiger partial charge in [-0.2, -0.15) is 0 Å². The van der Waals surface area contributed by atoms with E-state index in [4.69, 9.17) is 22.9 Å². The van der Waals surface area contributed by atoms with Crippen molar-refractivity contribution in [2.75, 3.05) is 87.7 Å². The van der Waals surface area contributed by atoms with Crippen LogP contribution >= 0.6 is 0 Å². The van der Waals surface area contributed by atoms with Crippen molar-refractivity contribution in [1.82, 2.24) is 55.4 Å². The molecule has 1 atom stereocenters. The van der Waals surface area contributed by atoms with E-state index in [0.29, 0.717) is 62.8 Å². The van der Waals surface area contributed by atoms with E-state index >= 15 is 0 Å². The molecule has 8 heterocycles. The van der Waals surface area contributed by atoms with Gasteiger partial charge >= 0.3 is 0 Å². The molecule has 4 aliphatic heterocycles. The number of piperidine rings is 3. The number of nitrogen functional groups attached to an aromatic ring is 4. The number of ketones is 4. The maximum absolute atomic E-state index is 13.0. The summed E-state index contributed by atoms with van der Waals surface area (Å²) in [7, 11) is 4.30. The second-order valence-electron chi connectivity index (χ2n) is 33.3. The number of hydrogen-bond donors (Lipinski definition) is 6. The van der Waals surface area contributed by atoms with Crippen LogP contribution in [0.2, 0.25) is 0 Å². The minimum atomic E-state index is -0.0342. The molecule has 9 aromatic carbocycles.